The minimum atomic E-state index is -2.23. The van der Waals surface area contributed by atoms with Crippen molar-refractivity contribution >= 4 is 14.0 Å². The lowest BCUT2D eigenvalue weighted by molar-refractivity contribution is -0.160. The summed E-state index contributed by atoms with van der Waals surface area (Å²) in [5, 5.41) is -1.50. The van der Waals surface area contributed by atoms with Crippen LogP contribution in [0.3, 0.4) is 0 Å². The van der Waals surface area contributed by atoms with Gasteiger partial charge in [0.1, 0.15) is 0 Å². The molecule has 0 bridgehead atoms. The lowest BCUT2D eigenvalue weighted by Crippen LogP contribution is -2.37. The van der Waals surface area contributed by atoms with Crippen molar-refractivity contribution in [2.75, 3.05) is 19.8 Å². The van der Waals surface area contributed by atoms with E-state index in [4.69, 9.17) is 14.0 Å². The number of ether oxygens (including phenoxy) is 2. The molecule has 2 atom stereocenters. The monoisotopic (exact) mass is 237 g/mol. The molecule has 0 aliphatic heterocycles. The minimum Gasteiger partial charge on any atom is -0.460 e. The third kappa shape index (κ3) is 3.86. The van der Waals surface area contributed by atoms with E-state index in [0.29, 0.717) is 0 Å². The van der Waals surface area contributed by atoms with Gasteiger partial charge in [-0.2, -0.15) is 0 Å². The molecule has 0 aromatic rings. The van der Waals surface area contributed by atoms with Gasteiger partial charge in [0, 0.05) is 13.5 Å². The first-order chi connectivity index (χ1) is 7.02. The summed E-state index contributed by atoms with van der Waals surface area (Å²) in [6.07, 6.45) is 0. The highest BCUT2D eigenvalue weighted by Crippen LogP contribution is 2.41. The van der Waals surface area contributed by atoms with Gasteiger partial charge in [0.2, 0.25) is 0 Å². The van der Waals surface area contributed by atoms with Crippen LogP contribution >= 0.6 is 8.03 Å². The highest BCUT2D eigenvalue weighted by molar-refractivity contribution is 7.42. The number of carbonyl (C=O) groups excluding carboxylic acids is 1. The molecular weight excluding hydrogens is 219 g/mol. The summed E-state index contributed by atoms with van der Waals surface area (Å²) in [7, 11) is -2.23. The largest absolute Gasteiger partial charge is 0.556 e. The average molecular weight is 237 g/mol. The summed E-state index contributed by atoms with van der Waals surface area (Å²) in [6, 6.07) is 0. The first-order valence-corrected chi connectivity index (χ1v) is 6.12. The zero-order valence-electron chi connectivity index (χ0n) is 9.61. The van der Waals surface area contributed by atoms with Crippen molar-refractivity contribution in [1.82, 2.24) is 0 Å². The fourth-order valence-electron chi connectivity index (χ4n) is 0.973. The molecule has 0 saturated carbocycles. The van der Waals surface area contributed by atoms with Crippen LogP contribution in [0.2, 0.25) is 0 Å². The van der Waals surface area contributed by atoms with Gasteiger partial charge in [0.25, 0.3) is 0 Å². The van der Waals surface area contributed by atoms with Crippen molar-refractivity contribution in [3.05, 3.63) is 0 Å². The van der Waals surface area contributed by atoms with Crippen LogP contribution < -0.4 is 0 Å². The standard InChI is InChI=1S/C9H18O5P/c1-5-12-8(10)9(4,13-6-2)15(11)14-7-3/h5-7H2,1-4H3/q+1. The smallest absolute Gasteiger partial charge is 0.460 e. The Morgan fingerprint density at radius 2 is 1.80 bits per heavy atom. The van der Waals surface area contributed by atoms with Crippen LogP contribution in [0.1, 0.15) is 27.7 Å². The molecule has 0 aliphatic rings. The van der Waals surface area contributed by atoms with E-state index in [-0.39, 0.29) is 19.8 Å². The van der Waals surface area contributed by atoms with E-state index in [9.17, 15) is 9.36 Å². The number of esters is 1. The van der Waals surface area contributed by atoms with Gasteiger partial charge in [-0.25, -0.2) is 4.79 Å². The van der Waals surface area contributed by atoms with Crippen molar-refractivity contribution in [3.63, 3.8) is 0 Å². The van der Waals surface area contributed by atoms with Crippen molar-refractivity contribution in [1.29, 1.82) is 0 Å². The quantitative estimate of drug-likeness (QED) is 0.501. The highest BCUT2D eigenvalue weighted by atomic mass is 31.1. The first-order valence-electron chi connectivity index (χ1n) is 4.94. The van der Waals surface area contributed by atoms with Gasteiger partial charge < -0.3 is 9.47 Å². The molecule has 0 aromatic heterocycles. The summed E-state index contributed by atoms with van der Waals surface area (Å²) < 4.78 is 26.6. The summed E-state index contributed by atoms with van der Waals surface area (Å²) in [6.45, 7) is 7.26. The van der Waals surface area contributed by atoms with Crippen LogP contribution in [0.25, 0.3) is 0 Å². The van der Waals surface area contributed by atoms with Crippen molar-refractivity contribution < 1.29 is 23.4 Å². The molecule has 0 aliphatic carbocycles. The van der Waals surface area contributed by atoms with Crippen molar-refractivity contribution in [3.8, 4) is 0 Å². The first kappa shape index (κ1) is 14.5. The van der Waals surface area contributed by atoms with Crippen LogP contribution in [0.15, 0.2) is 0 Å². The average Bonchev–Trinajstić information content (AvgIpc) is 2.18. The van der Waals surface area contributed by atoms with Crippen LogP contribution in [0.5, 0.6) is 0 Å². The Morgan fingerprint density at radius 3 is 2.20 bits per heavy atom. The molecule has 88 valence electrons. The predicted molar refractivity (Wildman–Crippen MR) is 55.9 cm³/mol. The summed E-state index contributed by atoms with van der Waals surface area (Å²) in [5.74, 6) is -0.651. The normalized spacial score (nSPS) is 15.6. The molecule has 0 aromatic carbocycles. The van der Waals surface area contributed by atoms with Crippen molar-refractivity contribution in [2.45, 2.75) is 33.0 Å². The molecule has 2 unspecified atom stereocenters. The molecule has 6 heteroatoms. The number of carbonyl (C=O) groups is 1. The molecule has 0 fully saturated rings. The van der Waals surface area contributed by atoms with Crippen molar-refractivity contribution in [2.24, 2.45) is 0 Å². The van der Waals surface area contributed by atoms with Gasteiger partial charge in [0.05, 0.1) is 13.2 Å². The van der Waals surface area contributed by atoms with Gasteiger partial charge in [-0.3, -0.25) is 0 Å². The maximum Gasteiger partial charge on any atom is 0.556 e. The van der Waals surface area contributed by atoms with Gasteiger partial charge in [-0.05, 0) is 25.3 Å². The minimum absolute atomic E-state index is 0.219. The fraction of sp³-hybridized carbons (Fsp3) is 0.889. The molecule has 5 nitrogen and oxygen atoms in total. The second-order valence-corrected chi connectivity index (χ2v) is 4.44. The van der Waals surface area contributed by atoms with Crippen LogP contribution in [0.4, 0.5) is 0 Å². The Hall–Kier alpha value is -0.510. The number of hydrogen-bond donors (Lipinski definition) is 0. The van der Waals surface area contributed by atoms with Crippen LogP contribution in [0, 0.1) is 0 Å². The lowest BCUT2D eigenvalue weighted by Gasteiger charge is -2.15. The summed E-state index contributed by atoms with van der Waals surface area (Å²) in [5.41, 5.74) is 0. The Labute approximate surface area is 91.0 Å². The summed E-state index contributed by atoms with van der Waals surface area (Å²) >= 11 is 0. The third-order valence-electron chi connectivity index (χ3n) is 1.67. The van der Waals surface area contributed by atoms with E-state index in [1.165, 1.54) is 6.92 Å². The van der Waals surface area contributed by atoms with E-state index < -0.39 is 19.3 Å². The fourth-order valence-corrected chi connectivity index (χ4v) is 1.90. The topological polar surface area (TPSA) is 61.8 Å². The van der Waals surface area contributed by atoms with Gasteiger partial charge >= 0.3 is 19.3 Å². The Bertz CT molecular complexity index is 211. The molecule has 0 saturated heterocycles. The zero-order chi connectivity index (χ0) is 11.9. The molecule has 0 heterocycles. The summed E-state index contributed by atoms with van der Waals surface area (Å²) in [4.78, 5) is 11.6. The van der Waals surface area contributed by atoms with Gasteiger partial charge in [-0.15, -0.1) is 4.52 Å². The number of rotatable bonds is 7. The molecule has 0 radical (unpaired) electrons. The van der Waals surface area contributed by atoms with Gasteiger partial charge in [0.15, 0.2) is 0 Å². The second kappa shape index (κ2) is 6.88. The third-order valence-corrected chi connectivity index (χ3v) is 3.18. The van der Waals surface area contributed by atoms with Gasteiger partial charge in [-0.1, -0.05) is 0 Å². The second-order valence-electron chi connectivity index (χ2n) is 2.81. The molecule has 0 spiro atoms. The maximum absolute atomic E-state index is 11.7. The van der Waals surface area contributed by atoms with E-state index in [1.54, 1.807) is 20.8 Å². The SMILES string of the molecule is CCOC(=O)C(C)(OCC)[P+](=O)OCC. The number of hydrogen-bond acceptors (Lipinski definition) is 5. The molecule has 0 N–H and O–H groups in total. The van der Waals surface area contributed by atoms with E-state index >= 15 is 0 Å². The zero-order valence-corrected chi connectivity index (χ0v) is 10.5. The maximum atomic E-state index is 11.7. The molecular formula is C9H18O5P+. The Balaban J connectivity index is 4.70. The molecule has 0 rings (SSSR count). The molecule has 0 amide bonds. The van der Waals surface area contributed by atoms with E-state index in [1.807, 2.05) is 0 Å². The van der Waals surface area contributed by atoms with E-state index in [2.05, 4.69) is 0 Å². The van der Waals surface area contributed by atoms with Crippen LogP contribution in [-0.2, 0) is 23.4 Å². The lowest BCUT2D eigenvalue weighted by atomic mass is 10.4. The molecule has 15 heavy (non-hydrogen) atoms. The Morgan fingerprint density at radius 1 is 1.20 bits per heavy atom. The highest BCUT2D eigenvalue weighted by Gasteiger charge is 2.57. The van der Waals surface area contributed by atoms with Crippen LogP contribution in [-0.4, -0.2) is 31.1 Å². The Kier molecular flexibility index (Phi) is 6.65. The van der Waals surface area contributed by atoms with E-state index in [0.717, 1.165) is 0 Å². The predicted octanol–water partition coefficient (Wildman–Crippen LogP) is 2.08.